The summed E-state index contributed by atoms with van der Waals surface area (Å²) in [6, 6.07) is 13.7. The SMILES string of the molecule is Cc1nc(C(=O)Nc2ccc(C(C)C)cc2)c2ccccn12. The van der Waals surface area contributed by atoms with E-state index in [9.17, 15) is 4.79 Å². The van der Waals surface area contributed by atoms with Crippen molar-refractivity contribution in [3.8, 4) is 0 Å². The Hall–Kier alpha value is -2.62. The van der Waals surface area contributed by atoms with Crippen LogP contribution >= 0.6 is 0 Å². The molecule has 4 heteroatoms. The second-order valence-electron chi connectivity index (χ2n) is 5.69. The van der Waals surface area contributed by atoms with Gasteiger partial charge in [-0.25, -0.2) is 4.98 Å². The van der Waals surface area contributed by atoms with Crippen LogP contribution in [0.3, 0.4) is 0 Å². The Kier molecular flexibility index (Phi) is 3.67. The first-order valence-electron chi connectivity index (χ1n) is 7.41. The van der Waals surface area contributed by atoms with Crippen molar-refractivity contribution < 1.29 is 4.79 Å². The maximum Gasteiger partial charge on any atom is 0.276 e. The number of carbonyl (C=O) groups excluding carboxylic acids is 1. The number of aromatic nitrogens is 2. The minimum absolute atomic E-state index is 0.186. The zero-order valence-electron chi connectivity index (χ0n) is 13.0. The molecule has 0 aliphatic heterocycles. The highest BCUT2D eigenvalue weighted by Gasteiger charge is 2.15. The number of pyridine rings is 1. The van der Waals surface area contributed by atoms with Gasteiger partial charge in [-0.05, 0) is 42.7 Å². The number of rotatable bonds is 3. The molecule has 22 heavy (non-hydrogen) atoms. The van der Waals surface area contributed by atoms with Gasteiger partial charge in [0.1, 0.15) is 5.82 Å². The van der Waals surface area contributed by atoms with E-state index < -0.39 is 0 Å². The van der Waals surface area contributed by atoms with E-state index in [1.807, 2.05) is 60.0 Å². The Morgan fingerprint density at radius 1 is 1.14 bits per heavy atom. The minimum Gasteiger partial charge on any atom is -0.321 e. The largest absolute Gasteiger partial charge is 0.321 e. The van der Waals surface area contributed by atoms with Crippen LogP contribution in [0.25, 0.3) is 5.52 Å². The lowest BCUT2D eigenvalue weighted by atomic mass is 10.0. The molecular formula is C18H19N3O. The van der Waals surface area contributed by atoms with Crippen molar-refractivity contribution in [2.24, 2.45) is 0 Å². The zero-order valence-corrected chi connectivity index (χ0v) is 13.0. The first kappa shape index (κ1) is 14.3. The number of fused-ring (bicyclic) bond motifs is 1. The molecule has 0 bridgehead atoms. The van der Waals surface area contributed by atoms with Crippen LogP contribution in [0.2, 0.25) is 0 Å². The summed E-state index contributed by atoms with van der Waals surface area (Å²) in [5.74, 6) is 1.09. The Morgan fingerprint density at radius 2 is 1.86 bits per heavy atom. The molecule has 0 atom stereocenters. The van der Waals surface area contributed by atoms with E-state index in [-0.39, 0.29) is 5.91 Å². The summed E-state index contributed by atoms with van der Waals surface area (Å²) >= 11 is 0. The van der Waals surface area contributed by atoms with Crippen LogP contribution in [0.4, 0.5) is 5.69 Å². The summed E-state index contributed by atoms with van der Waals surface area (Å²) in [6.45, 7) is 6.18. The van der Waals surface area contributed by atoms with Crippen molar-refractivity contribution >= 4 is 17.1 Å². The predicted octanol–water partition coefficient (Wildman–Crippen LogP) is 4.02. The molecule has 4 nitrogen and oxygen atoms in total. The third-order valence-electron chi connectivity index (χ3n) is 3.78. The lowest BCUT2D eigenvalue weighted by Crippen LogP contribution is -2.12. The fourth-order valence-corrected chi connectivity index (χ4v) is 2.50. The minimum atomic E-state index is -0.186. The lowest BCUT2D eigenvalue weighted by molar-refractivity contribution is 0.102. The van der Waals surface area contributed by atoms with E-state index in [1.54, 1.807) is 0 Å². The standard InChI is InChI=1S/C18H19N3O/c1-12(2)14-7-9-15(10-8-14)20-18(22)17-16-6-4-5-11-21(16)13(3)19-17/h4-12H,1-3H3,(H,20,22). The van der Waals surface area contributed by atoms with Gasteiger partial charge in [-0.1, -0.05) is 32.0 Å². The molecule has 1 amide bonds. The first-order chi connectivity index (χ1) is 10.6. The monoisotopic (exact) mass is 293 g/mol. The number of benzene rings is 1. The van der Waals surface area contributed by atoms with Gasteiger partial charge in [0.2, 0.25) is 0 Å². The van der Waals surface area contributed by atoms with Gasteiger partial charge in [0.05, 0.1) is 5.52 Å². The molecule has 2 aromatic heterocycles. The van der Waals surface area contributed by atoms with Crippen LogP contribution < -0.4 is 5.32 Å². The van der Waals surface area contributed by atoms with Crippen molar-refractivity contribution in [3.63, 3.8) is 0 Å². The zero-order chi connectivity index (χ0) is 15.7. The molecule has 2 heterocycles. The van der Waals surface area contributed by atoms with E-state index >= 15 is 0 Å². The number of imidazole rings is 1. The van der Waals surface area contributed by atoms with Crippen molar-refractivity contribution in [3.05, 3.63) is 65.7 Å². The maximum absolute atomic E-state index is 12.5. The van der Waals surface area contributed by atoms with Gasteiger partial charge < -0.3 is 9.72 Å². The van der Waals surface area contributed by atoms with Gasteiger partial charge in [-0.2, -0.15) is 0 Å². The second kappa shape index (κ2) is 5.64. The Bertz CT molecular complexity index is 816. The predicted molar refractivity (Wildman–Crippen MR) is 88.4 cm³/mol. The number of anilines is 1. The molecule has 0 aliphatic rings. The molecule has 3 rings (SSSR count). The second-order valence-corrected chi connectivity index (χ2v) is 5.69. The van der Waals surface area contributed by atoms with Gasteiger partial charge in [0, 0.05) is 11.9 Å². The van der Waals surface area contributed by atoms with Crippen molar-refractivity contribution in [2.45, 2.75) is 26.7 Å². The number of hydrogen-bond acceptors (Lipinski definition) is 2. The third kappa shape index (κ3) is 2.60. The summed E-state index contributed by atoms with van der Waals surface area (Å²) < 4.78 is 1.91. The van der Waals surface area contributed by atoms with Crippen LogP contribution in [0.1, 0.15) is 41.6 Å². The molecule has 0 saturated heterocycles. The molecule has 1 aromatic carbocycles. The molecule has 0 unspecified atom stereocenters. The van der Waals surface area contributed by atoms with Gasteiger partial charge in [-0.15, -0.1) is 0 Å². The smallest absolute Gasteiger partial charge is 0.276 e. The first-order valence-corrected chi connectivity index (χ1v) is 7.41. The van der Waals surface area contributed by atoms with Gasteiger partial charge in [-0.3, -0.25) is 4.79 Å². The highest BCUT2D eigenvalue weighted by molar-refractivity contribution is 6.07. The quantitative estimate of drug-likeness (QED) is 0.793. The van der Waals surface area contributed by atoms with E-state index in [0.717, 1.165) is 17.0 Å². The summed E-state index contributed by atoms with van der Waals surface area (Å²) in [4.78, 5) is 16.9. The molecule has 0 spiro atoms. The summed E-state index contributed by atoms with van der Waals surface area (Å²) in [7, 11) is 0. The van der Waals surface area contributed by atoms with Crippen molar-refractivity contribution in [2.75, 3.05) is 5.32 Å². The molecule has 0 aliphatic carbocycles. The average molecular weight is 293 g/mol. The number of nitrogens with zero attached hydrogens (tertiary/aromatic N) is 2. The van der Waals surface area contributed by atoms with Crippen LogP contribution in [0.15, 0.2) is 48.7 Å². The molecule has 0 fully saturated rings. The summed E-state index contributed by atoms with van der Waals surface area (Å²) in [5.41, 5.74) is 3.30. The van der Waals surface area contributed by atoms with Gasteiger partial charge in [0.25, 0.3) is 5.91 Å². The maximum atomic E-state index is 12.5. The van der Waals surface area contributed by atoms with Crippen LogP contribution in [-0.2, 0) is 0 Å². The summed E-state index contributed by atoms with van der Waals surface area (Å²) in [6.07, 6.45) is 1.91. The Morgan fingerprint density at radius 3 is 2.55 bits per heavy atom. The van der Waals surface area contributed by atoms with Crippen molar-refractivity contribution in [1.82, 2.24) is 9.38 Å². The number of nitrogens with one attached hydrogen (secondary N) is 1. The normalized spacial score (nSPS) is 11.1. The van der Waals surface area contributed by atoms with Gasteiger partial charge >= 0.3 is 0 Å². The number of hydrogen-bond donors (Lipinski definition) is 1. The third-order valence-corrected chi connectivity index (χ3v) is 3.78. The summed E-state index contributed by atoms with van der Waals surface area (Å²) in [5, 5.41) is 2.92. The van der Waals surface area contributed by atoms with Crippen LogP contribution in [0.5, 0.6) is 0 Å². The van der Waals surface area contributed by atoms with Crippen LogP contribution in [-0.4, -0.2) is 15.3 Å². The van der Waals surface area contributed by atoms with E-state index in [1.165, 1.54) is 5.56 Å². The molecule has 0 saturated carbocycles. The average Bonchev–Trinajstić information content (AvgIpc) is 2.86. The Balaban J connectivity index is 1.87. The van der Waals surface area contributed by atoms with E-state index in [0.29, 0.717) is 11.6 Å². The fraction of sp³-hybridized carbons (Fsp3) is 0.222. The van der Waals surface area contributed by atoms with E-state index in [4.69, 9.17) is 0 Å². The molecule has 112 valence electrons. The topological polar surface area (TPSA) is 46.4 Å². The van der Waals surface area contributed by atoms with Crippen molar-refractivity contribution in [1.29, 1.82) is 0 Å². The highest BCUT2D eigenvalue weighted by Crippen LogP contribution is 2.19. The van der Waals surface area contributed by atoms with Gasteiger partial charge in [0.15, 0.2) is 5.69 Å². The molecular weight excluding hydrogens is 274 g/mol. The fourth-order valence-electron chi connectivity index (χ4n) is 2.50. The van der Waals surface area contributed by atoms with E-state index in [2.05, 4.69) is 24.1 Å². The molecule has 1 N–H and O–H groups in total. The number of carbonyl (C=O) groups is 1. The Labute approximate surface area is 129 Å². The lowest BCUT2D eigenvalue weighted by Gasteiger charge is -2.07. The molecule has 0 radical (unpaired) electrons. The van der Waals surface area contributed by atoms with Crippen LogP contribution in [0, 0.1) is 6.92 Å². The number of amides is 1. The highest BCUT2D eigenvalue weighted by atomic mass is 16.1. The number of aryl methyl sites for hydroxylation is 1. The molecule has 3 aromatic rings.